The van der Waals surface area contributed by atoms with Gasteiger partial charge >= 0.3 is 6.09 Å². The van der Waals surface area contributed by atoms with E-state index < -0.39 is 23.8 Å². The van der Waals surface area contributed by atoms with Crippen molar-refractivity contribution in [3.63, 3.8) is 0 Å². The molecule has 0 aromatic heterocycles. The number of thioether (sulfide) groups is 1. The lowest BCUT2D eigenvalue weighted by Gasteiger charge is -2.59. The Hall–Kier alpha value is -4.41. The fourth-order valence-electron chi connectivity index (χ4n) is 9.34. The Balaban J connectivity index is 1.46. The summed E-state index contributed by atoms with van der Waals surface area (Å²) in [6.45, 7) is 4.96. The van der Waals surface area contributed by atoms with Crippen LogP contribution in [0.5, 0.6) is 17.2 Å². The van der Waals surface area contributed by atoms with Gasteiger partial charge in [0.15, 0.2) is 0 Å². The molecule has 2 aliphatic carbocycles. The van der Waals surface area contributed by atoms with Crippen LogP contribution in [0.15, 0.2) is 107 Å². The van der Waals surface area contributed by atoms with Gasteiger partial charge < -0.3 is 48.6 Å². The van der Waals surface area contributed by atoms with Crippen molar-refractivity contribution in [1.29, 1.82) is 0 Å². The topological polar surface area (TPSA) is 158 Å². The van der Waals surface area contributed by atoms with Gasteiger partial charge in [-0.1, -0.05) is 60.5 Å². The highest BCUT2D eigenvalue weighted by Gasteiger charge is 2.65. The lowest BCUT2D eigenvalue weighted by molar-refractivity contribution is -0.256. The highest BCUT2D eigenvalue weighted by atomic mass is 32.2. The first kappa shape index (κ1) is 48.1. The van der Waals surface area contributed by atoms with E-state index in [9.17, 15) is 20.1 Å². The zero-order valence-corrected chi connectivity index (χ0v) is 37.4. The molecule has 0 radical (unpaired) electrons. The van der Waals surface area contributed by atoms with Gasteiger partial charge in [-0.2, -0.15) is 0 Å². The third kappa shape index (κ3) is 12.0. The van der Waals surface area contributed by atoms with Gasteiger partial charge in [0.25, 0.3) is 0 Å². The summed E-state index contributed by atoms with van der Waals surface area (Å²) in [6.07, 6.45) is 10.1. The summed E-state index contributed by atoms with van der Waals surface area (Å²) >= 11 is 1.66. The fourth-order valence-corrected chi connectivity index (χ4v) is 9.75. The number of oxime groups is 1. The van der Waals surface area contributed by atoms with Gasteiger partial charge in [-0.15, -0.1) is 18.3 Å². The molecule has 6 atom stereocenters. The number of carbonyl (C=O) groups excluding carboxylic acids is 1. The normalized spacial score (nSPS) is 22.9. The van der Waals surface area contributed by atoms with Gasteiger partial charge in [0.1, 0.15) is 37.0 Å². The molecule has 3 aromatic rings. The summed E-state index contributed by atoms with van der Waals surface area (Å²) in [6, 6.07) is 22.8. The Kier molecular flexibility index (Phi) is 18.8. The van der Waals surface area contributed by atoms with Crippen molar-refractivity contribution < 1.29 is 53.4 Å². The number of hydrogen-bond donors (Lipinski definition) is 3. The highest BCUT2D eigenvalue weighted by Crippen LogP contribution is 2.62. The van der Waals surface area contributed by atoms with Crippen LogP contribution in [0, 0.1) is 17.8 Å². The molecule has 1 fully saturated rings. The van der Waals surface area contributed by atoms with Gasteiger partial charge in [0, 0.05) is 42.6 Å². The summed E-state index contributed by atoms with van der Waals surface area (Å²) in [5, 5.41) is 34.0. The molecule has 14 heteroatoms. The Labute approximate surface area is 376 Å². The maximum absolute atomic E-state index is 14.5. The molecular weight excluding hydrogens is 825 g/mol. The summed E-state index contributed by atoms with van der Waals surface area (Å²) < 4.78 is 38.4. The van der Waals surface area contributed by atoms with E-state index in [4.69, 9.17) is 33.3 Å². The van der Waals surface area contributed by atoms with E-state index in [0.29, 0.717) is 42.4 Å². The van der Waals surface area contributed by atoms with Crippen molar-refractivity contribution in [3.05, 3.63) is 108 Å². The van der Waals surface area contributed by atoms with Crippen molar-refractivity contribution in [3.8, 4) is 17.2 Å². The second kappa shape index (κ2) is 24.6. The number of allylic oxidation sites excluding steroid dienone is 1. The van der Waals surface area contributed by atoms with Crippen molar-refractivity contribution in [1.82, 2.24) is 4.90 Å². The molecule has 1 aliphatic heterocycles. The van der Waals surface area contributed by atoms with Gasteiger partial charge in [-0.3, -0.25) is 4.90 Å². The summed E-state index contributed by atoms with van der Waals surface area (Å²) in [5.74, 6) is -0.171. The zero-order valence-electron chi connectivity index (χ0n) is 36.6. The van der Waals surface area contributed by atoms with Crippen LogP contribution in [0.1, 0.15) is 62.0 Å². The van der Waals surface area contributed by atoms with Crippen LogP contribution in [0.2, 0.25) is 0 Å². The average Bonchev–Trinajstić information content (AvgIpc) is 3.30. The quantitative estimate of drug-likeness (QED) is 0.0308. The third-order valence-corrected chi connectivity index (χ3v) is 12.8. The van der Waals surface area contributed by atoms with Crippen LogP contribution < -0.4 is 9.47 Å². The number of rotatable bonds is 26. The van der Waals surface area contributed by atoms with E-state index in [-0.39, 0.29) is 83.6 Å². The molecule has 3 aromatic carbocycles. The second-order valence-electron chi connectivity index (χ2n) is 15.9. The predicted octanol–water partition coefficient (Wildman–Crippen LogP) is 8.13. The smallest absolute Gasteiger partial charge is 0.410 e. The number of fused-ring (bicyclic) bond motifs is 2. The maximum Gasteiger partial charge on any atom is 0.410 e. The molecule has 0 unspecified atom stereocenters. The van der Waals surface area contributed by atoms with Gasteiger partial charge in [0.2, 0.25) is 5.79 Å². The molecular formula is C49H64N2O11S. The van der Waals surface area contributed by atoms with Crippen molar-refractivity contribution >= 4 is 23.6 Å². The molecule has 1 heterocycles. The number of aliphatic hydroxyl groups is 3. The van der Waals surface area contributed by atoms with Crippen LogP contribution in [-0.4, -0.2) is 117 Å². The molecule has 6 rings (SSSR count). The number of benzene rings is 3. The van der Waals surface area contributed by atoms with Crippen molar-refractivity contribution in [2.24, 2.45) is 22.9 Å². The Morgan fingerprint density at radius 3 is 2.40 bits per heavy atom. The summed E-state index contributed by atoms with van der Waals surface area (Å²) in [7, 11) is 1.52. The lowest BCUT2D eigenvalue weighted by atomic mass is 9.55. The van der Waals surface area contributed by atoms with E-state index in [1.54, 1.807) is 22.7 Å². The SMILES string of the molecule is C=CCO[C@@]12Oc3ccc(Oc4ccc(SC)cc4)cc3[C@H]3[C@H](CCCCO)[C@@H](CCCCO)C=C(C(=NOC)C[C@@H]1N(CCOCCO)C(=O)OCCOCc1ccccc1)[C@H]32. The predicted molar refractivity (Wildman–Crippen MR) is 242 cm³/mol. The average molecular weight is 889 g/mol. The zero-order chi connectivity index (χ0) is 44.4. The monoisotopic (exact) mass is 888 g/mol. The molecule has 1 saturated carbocycles. The number of ether oxygens (including phenoxy) is 6. The van der Waals surface area contributed by atoms with Crippen LogP contribution in [0.4, 0.5) is 4.79 Å². The van der Waals surface area contributed by atoms with Crippen molar-refractivity contribution in [2.45, 2.75) is 74.2 Å². The Bertz CT molecular complexity index is 1950. The van der Waals surface area contributed by atoms with E-state index in [2.05, 4.69) is 23.9 Å². The molecule has 13 nitrogen and oxygen atoms in total. The third-order valence-electron chi connectivity index (χ3n) is 12.0. The minimum Gasteiger partial charge on any atom is -0.459 e. The molecule has 3 N–H and O–H groups in total. The first-order chi connectivity index (χ1) is 30.9. The molecule has 1 amide bonds. The number of nitrogens with zero attached hydrogens (tertiary/aromatic N) is 2. The van der Waals surface area contributed by atoms with E-state index >= 15 is 0 Å². The number of carbonyl (C=O) groups is 1. The maximum atomic E-state index is 14.5. The molecule has 342 valence electrons. The van der Waals surface area contributed by atoms with Crippen LogP contribution in [0.25, 0.3) is 0 Å². The Morgan fingerprint density at radius 1 is 0.921 bits per heavy atom. The standard InChI is InChI=1S/C49H64N2O11S/c1-4-26-60-49-45(51(22-27-57-28-25-54)48(55)59-30-29-58-34-35-12-6-5-7-13-35)33-43(50-56-2)41-31-36(14-8-10-23-52)40(15-9-11-24-53)46(47(41)49)42-32-38(18-21-44(42)62-49)61-37-16-19-39(63-3)20-17-37/h4-7,12-13,16-21,31-32,36,40,45-47,52-54H,1,8-11,14-15,22-30,33-34H2,2-3H3/t36-,40+,45-,46+,47+,49+/m0/s1. The first-order valence-electron chi connectivity index (χ1n) is 22.1. The fraction of sp³-hybridized carbons (Fsp3) is 0.510. The van der Waals surface area contributed by atoms with E-state index in [1.165, 1.54) is 7.11 Å². The van der Waals surface area contributed by atoms with E-state index in [0.717, 1.165) is 47.3 Å². The second-order valence-corrected chi connectivity index (χ2v) is 16.8. The minimum absolute atomic E-state index is 0.00193. The number of aliphatic hydroxyl groups excluding tert-OH is 3. The Morgan fingerprint density at radius 2 is 1.68 bits per heavy atom. The number of amides is 1. The van der Waals surface area contributed by atoms with Crippen LogP contribution >= 0.6 is 11.8 Å². The molecule has 0 spiro atoms. The van der Waals surface area contributed by atoms with Gasteiger partial charge in [-0.05, 0) is 97.4 Å². The highest BCUT2D eigenvalue weighted by molar-refractivity contribution is 7.98. The molecule has 0 bridgehead atoms. The lowest BCUT2D eigenvalue weighted by Crippen LogP contribution is -2.70. The molecule has 3 aliphatic rings. The number of unbranched alkanes of at least 4 members (excludes halogenated alkanes) is 2. The van der Waals surface area contributed by atoms with Crippen LogP contribution in [0.3, 0.4) is 0 Å². The minimum atomic E-state index is -1.48. The van der Waals surface area contributed by atoms with E-state index in [1.807, 2.05) is 73.0 Å². The number of hydrogen-bond acceptors (Lipinski definition) is 13. The molecule has 63 heavy (non-hydrogen) atoms. The first-order valence-corrected chi connectivity index (χ1v) is 23.3. The summed E-state index contributed by atoms with van der Waals surface area (Å²) in [4.78, 5) is 22.9. The van der Waals surface area contributed by atoms with Crippen molar-refractivity contribution in [2.75, 3.05) is 72.8 Å². The van der Waals surface area contributed by atoms with Crippen LogP contribution in [-0.2, 0) is 30.4 Å². The summed E-state index contributed by atoms with van der Waals surface area (Å²) in [5.41, 5.74) is 3.52. The van der Waals surface area contributed by atoms with Gasteiger partial charge in [-0.25, -0.2) is 4.79 Å². The molecule has 0 saturated heterocycles. The van der Waals surface area contributed by atoms with Gasteiger partial charge in [0.05, 0.1) is 51.3 Å². The largest absolute Gasteiger partial charge is 0.459 e.